The Bertz CT molecular complexity index is 170. The predicted octanol–water partition coefficient (Wildman–Crippen LogP) is 2.04. The summed E-state index contributed by atoms with van der Waals surface area (Å²) in [6, 6.07) is 0. The van der Waals surface area contributed by atoms with Crippen LogP contribution in [0.25, 0.3) is 0 Å². The minimum atomic E-state index is -0.0557. The summed E-state index contributed by atoms with van der Waals surface area (Å²) in [6.45, 7) is 6.86. The molecule has 0 aliphatic rings. The van der Waals surface area contributed by atoms with Gasteiger partial charge in [-0.05, 0) is 12.2 Å². The van der Waals surface area contributed by atoms with Gasteiger partial charge in [-0.3, -0.25) is 4.79 Å². The summed E-state index contributed by atoms with van der Waals surface area (Å²) in [5, 5.41) is 0. The largest absolute Gasteiger partial charge is 0.290 e. The Morgan fingerprint density at radius 2 is 1.36 bits per heavy atom. The quantitative estimate of drug-likeness (QED) is 0.414. The van der Waals surface area contributed by atoms with E-state index in [0.717, 1.165) is 0 Å². The van der Waals surface area contributed by atoms with Crippen molar-refractivity contribution in [3.05, 3.63) is 49.6 Å². The molecule has 0 rings (SSSR count). The topological polar surface area (TPSA) is 17.1 Å². The maximum atomic E-state index is 10.7. The molecule has 0 atom stereocenters. The Labute approximate surface area is 79.9 Å². The van der Waals surface area contributed by atoms with Crippen molar-refractivity contribution in [2.45, 2.75) is 0 Å². The molecule has 0 aliphatic heterocycles. The zero-order valence-corrected chi connectivity index (χ0v) is 7.88. The van der Waals surface area contributed by atoms with Crippen LogP contribution in [0.4, 0.5) is 0 Å². The van der Waals surface area contributed by atoms with Crippen molar-refractivity contribution in [2.24, 2.45) is 0 Å². The van der Waals surface area contributed by atoms with Crippen molar-refractivity contribution in [3.8, 4) is 0 Å². The maximum Gasteiger partial charge on any atom is 0.178 e. The molecule has 0 amide bonds. The summed E-state index contributed by atoms with van der Waals surface area (Å²) in [6.07, 6.45) is 9.17. The van der Waals surface area contributed by atoms with Gasteiger partial charge < -0.3 is 0 Å². The molecule has 0 aromatic rings. The number of carbonyl (C=O) groups excluding carboxylic acids is 1. The Kier molecular flexibility index (Phi) is 10.8. The van der Waals surface area contributed by atoms with Gasteiger partial charge in [0.15, 0.2) is 5.78 Å². The first-order valence-corrected chi connectivity index (χ1v) is 2.93. The van der Waals surface area contributed by atoms with Crippen LogP contribution < -0.4 is 0 Å². The summed E-state index contributed by atoms with van der Waals surface area (Å²) in [4.78, 5) is 10.7. The monoisotopic (exact) mass is 236 g/mol. The van der Waals surface area contributed by atoms with E-state index < -0.39 is 0 Å². The van der Waals surface area contributed by atoms with Gasteiger partial charge >= 0.3 is 0 Å². The van der Waals surface area contributed by atoms with Crippen LogP contribution in [0.5, 0.6) is 0 Å². The van der Waals surface area contributed by atoms with Crippen molar-refractivity contribution < 1.29 is 24.3 Å². The summed E-state index contributed by atoms with van der Waals surface area (Å²) in [5.74, 6) is -0.0557. The number of carbonyl (C=O) groups is 1. The molecule has 0 heterocycles. The minimum Gasteiger partial charge on any atom is -0.290 e. The molecule has 0 spiro atoms. The molecule has 0 fully saturated rings. The van der Waals surface area contributed by atoms with Crippen LogP contribution in [0.15, 0.2) is 49.6 Å². The Morgan fingerprint density at radius 3 is 1.64 bits per heavy atom. The van der Waals surface area contributed by atoms with E-state index in [4.69, 9.17) is 0 Å². The van der Waals surface area contributed by atoms with Gasteiger partial charge in [0.05, 0.1) is 0 Å². The first-order valence-electron chi connectivity index (χ1n) is 2.93. The van der Waals surface area contributed by atoms with E-state index in [0.29, 0.717) is 0 Å². The number of hydrogen-bond acceptors (Lipinski definition) is 1. The van der Waals surface area contributed by atoms with Gasteiger partial charge in [0.1, 0.15) is 0 Å². The molecule has 60 valence electrons. The van der Waals surface area contributed by atoms with E-state index in [9.17, 15) is 4.79 Å². The molecule has 0 aromatic heterocycles. The van der Waals surface area contributed by atoms with Gasteiger partial charge in [0.2, 0.25) is 0 Å². The molecular weight excluding hydrogens is 225 g/mol. The van der Waals surface area contributed by atoms with E-state index in [2.05, 4.69) is 13.2 Å². The van der Waals surface area contributed by atoms with Crippen molar-refractivity contribution in [3.63, 3.8) is 0 Å². The first-order chi connectivity index (χ1) is 4.81. The molecule has 0 saturated carbocycles. The molecule has 0 saturated heterocycles. The van der Waals surface area contributed by atoms with Gasteiger partial charge in [-0.2, -0.15) is 0 Å². The fraction of sp³-hybridized carbons (Fsp3) is 0. The average Bonchev–Trinajstić information content (AvgIpc) is 1.97. The standard InChI is InChI=1S/C9H10O.Ru/c1-3-5-7-9(10)8-6-4-2;/h3-8H,1-2H2;/b7-5+,8-6+;. The van der Waals surface area contributed by atoms with Crippen LogP contribution in [-0.2, 0) is 24.3 Å². The molecule has 0 unspecified atom stereocenters. The smallest absolute Gasteiger partial charge is 0.178 e. The molecule has 11 heavy (non-hydrogen) atoms. The van der Waals surface area contributed by atoms with Gasteiger partial charge in [0, 0.05) is 19.5 Å². The molecule has 1 nitrogen and oxygen atoms in total. The van der Waals surface area contributed by atoms with E-state index in [1.165, 1.54) is 12.2 Å². The number of allylic oxidation sites excluding steroid dienone is 6. The second-order valence-electron chi connectivity index (χ2n) is 1.59. The van der Waals surface area contributed by atoms with Crippen LogP contribution in [0, 0.1) is 0 Å². The van der Waals surface area contributed by atoms with E-state index in [1.807, 2.05) is 0 Å². The zero-order chi connectivity index (χ0) is 7.82. The van der Waals surface area contributed by atoms with E-state index in [-0.39, 0.29) is 25.3 Å². The second-order valence-corrected chi connectivity index (χ2v) is 1.59. The van der Waals surface area contributed by atoms with Gasteiger partial charge in [-0.25, -0.2) is 0 Å². The summed E-state index contributed by atoms with van der Waals surface area (Å²) < 4.78 is 0. The van der Waals surface area contributed by atoms with E-state index in [1.54, 1.807) is 24.3 Å². The second kappa shape index (κ2) is 9.25. The van der Waals surface area contributed by atoms with Gasteiger partial charge in [-0.1, -0.05) is 37.5 Å². The number of hydrogen-bond donors (Lipinski definition) is 0. The zero-order valence-electron chi connectivity index (χ0n) is 6.14. The van der Waals surface area contributed by atoms with Crippen LogP contribution in [-0.4, -0.2) is 5.78 Å². The molecule has 2 heteroatoms. The third-order valence-electron chi connectivity index (χ3n) is 0.793. The van der Waals surface area contributed by atoms with E-state index >= 15 is 0 Å². The van der Waals surface area contributed by atoms with Crippen molar-refractivity contribution in [1.82, 2.24) is 0 Å². The van der Waals surface area contributed by atoms with Crippen molar-refractivity contribution >= 4 is 5.78 Å². The third kappa shape index (κ3) is 9.25. The average molecular weight is 235 g/mol. The Balaban J connectivity index is 0. The van der Waals surface area contributed by atoms with Gasteiger partial charge in [-0.15, -0.1) is 0 Å². The molecule has 0 bridgehead atoms. The van der Waals surface area contributed by atoms with Crippen LogP contribution >= 0.6 is 0 Å². The number of rotatable bonds is 4. The summed E-state index contributed by atoms with van der Waals surface area (Å²) in [5.41, 5.74) is 0. The molecule has 0 radical (unpaired) electrons. The minimum absolute atomic E-state index is 0. The van der Waals surface area contributed by atoms with Crippen LogP contribution in [0.2, 0.25) is 0 Å². The van der Waals surface area contributed by atoms with Crippen molar-refractivity contribution in [1.29, 1.82) is 0 Å². The van der Waals surface area contributed by atoms with Crippen LogP contribution in [0.3, 0.4) is 0 Å². The number of ketones is 1. The fourth-order valence-corrected chi connectivity index (χ4v) is 0.381. The summed E-state index contributed by atoms with van der Waals surface area (Å²) in [7, 11) is 0. The predicted molar refractivity (Wildman–Crippen MR) is 43.7 cm³/mol. The third-order valence-corrected chi connectivity index (χ3v) is 0.793. The first kappa shape index (κ1) is 12.9. The fourth-order valence-electron chi connectivity index (χ4n) is 0.381. The molecule has 0 aliphatic carbocycles. The molecular formula is C9H10ORu. The molecule has 0 N–H and O–H groups in total. The SMILES string of the molecule is C=C/C=C/C(=O)/C=C/C=C.[Ru]. The summed E-state index contributed by atoms with van der Waals surface area (Å²) >= 11 is 0. The Morgan fingerprint density at radius 1 is 1.00 bits per heavy atom. The maximum absolute atomic E-state index is 10.7. The molecule has 0 aromatic carbocycles. The van der Waals surface area contributed by atoms with Gasteiger partial charge in [0.25, 0.3) is 0 Å². The Hall–Kier alpha value is -0.747. The normalized spacial score (nSPS) is 9.45. The van der Waals surface area contributed by atoms with Crippen molar-refractivity contribution in [2.75, 3.05) is 0 Å². The van der Waals surface area contributed by atoms with Crippen LogP contribution in [0.1, 0.15) is 0 Å².